The Morgan fingerprint density at radius 1 is 0.793 bits per heavy atom. The second-order valence-corrected chi connectivity index (χ2v) is 7.60. The van der Waals surface area contributed by atoms with E-state index in [1.165, 1.54) is 0 Å². The van der Waals surface area contributed by atoms with Crippen LogP contribution in [0, 0.1) is 20.8 Å². The molecule has 1 N–H and O–H groups in total. The van der Waals surface area contributed by atoms with E-state index in [-0.39, 0.29) is 17.7 Å². The molecule has 0 spiro atoms. The molecule has 3 amide bonds. The van der Waals surface area contributed by atoms with Gasteiger partial charge in [-0.05, 0) is 56.2 Å². The Labute approximate surface area is 171 Å². The topological polar surface area (TPSA) is 69.7 Å². The fourth-order valence-corrected chi connectivity index (χ4v) is 3.73. The summed E-state index contributed by atoms with van der Waals surface area (Å²) >= 11 is 0. The number of carbonyl (C=O) groups excluding carboxylic acids is 3. The quantitative estimate of drug-likeness (QED) is 0.871. The van der Waals surface area contributed by atoms with Crippen molar-refractivity contribution in [2.75, 3.05) is 31.5 Å². The van der Waals surface area contributed by atoms with Gasteiger partial charge in [0.05, 0.1) is 0 Å². The lowest BCUT2D eigenvalue weighted by Gasteiger charge is -2.34. The monoisotopic (exact) mass is 393 g/mol. The predicted octanol–water partition coefficient (Wildman–Crippen LogP) is 3.17. The van der Waals surface area contributed by atoms with E-state index in [1.54, 1.807) is 41.0 Å². The van der Waals surface area contributed by atoms with E-state index in [4.69, 9.17) is 0 Å². The number of nitrogens with zero attached hydrogens (tertiary/aromatic N) is 2. The standard InChI is InChI=1S/C23H27N3O3/c1-15-13-16(2)21(17(3)14-15)24-22(28)19-5-7-20(8-6-19)23(29)26-11-9-25(10-12-26)18(4)27/h5-8,13-14H,9-12H2,1-4H3,(H,24,28). The van der Waals surface area contributed by atoms with Gasteiger partial charge in [-0.2, -0.15) is 0 Å². The lowest BCUT2D eigenvalue weighted by Crippen LogP contribution is -2.50. The van der Waals surface area contributed by atoms with Crippen molar-refractivity contribution in [2.45, 2.75) is 27.7 Å². The first-order chi connectivity index (χ1) is 13.8. The third-order valence-corrected chi connectivity index (χ3v) is 5.32. The Balaban J connectivity index is 1.66. The van der Waals surface area contributed by atoms with Gasteiger partial charge in [-0.1, -0.05) is 17.7 Å². The summed E-state index contributed by atoms with van der Waals surface area (Å²) in [5, 5.41) is 2.98. The molecule has 1 fully saturated rings. The highest BCUT2D eigenvalue weighted by molar-refractivity contribution is 6.05. The van der Waals surface area contributed by atoms with Crippen LogP contribution in [-0.2, 0) is 4.79 Å². The lowest BCUT2D eigenvalue weighted by atomic mass is 10.0. The summed E-state index contributed by atoms with van der Waals surface area (Å²) in [6.45, 7) is 9.67. The lowest BCUT2D eigenvalue weighted by molar-refractivity contribution is -0.130. The molecule has 0 radical (unpaired) electrons. The van der Waals surface area contributed by atoms with Crippen molar-refractivity contribution >= 4 is 23.4 Å². The van der Waals surface area contributed by atoms with Crippen LogP contribution in [0.1, 0.15) is 44.3 Å². The minimum absolute atomic E-state index is 0.0338. The molecule has 29 heavy (non-hydrogen) atoms. The van der Waals surface area contributed by atoms with E-state index in [0.717, 1.165) is 22.4 Å². The number of benzene rings is 2. The van der Waals surface area contributed by atoms with E-state index in [2.05, 4.69) is 5.32 Å². The van der Waals surface area contributed by atoms with E-state index in [9.17, 15) is 14.4 Å². The van der Waals surface area contributed by atoms with Crippen LogP contribution in [0.2, 0.25) is 0 Å². The maximum Gasteiger partial charge on any atom is 0.255 e. The van der Waals surface area contributed by atoms with E-state index < -0.39 is 0 Å². The van der Waals surface area contributed by atoms with Crippen molar-refractivity contribution in [3.8, 4) is 0 Å². The summed E-state index contributed by atoms with van der Waals surface area (Å²) in [6, 6.07) is 10.8. The third-order valence-electron chi connectivity index (χ3n) is 5.32. The van der Waals surface area contributed by atoms with Gasteiger partial charge in [0.25, 0.3) is 11.8 Å². The van der Waals surface area contributed by atoms with Crippen LogP contribution in [0.3, 0.4) is 0 Å². The third kappa shape index (κ3) is 4.65. The van der Waals surface area contributed by atoms with Gasteiger partial charge in [0.2, 0.25) is 5.91 Å². The summed E-state index contributed by atoms with van der Waals surface area (Å²) in [5.74, 6) is -0.244. The molecular formula is C23H27N3O3. The number of amides is 3. The molecule has 152 valence electrons. The first kappa shape index (κ1) is 20.6. The van der Waals surface area contributed by atoms with Crippen LogP contribution >= 0.6 is 0 Å². The van der Waals surface area contributed by atoms with Crippen molar-refractivity contribution in [3.05, 3.63) is 64.2 Å². The van der Waals surface area contributed by atoms with Crippen LogP contribution in [0.5, 0.6) is 0 Å². The molecule has 1 aliphatic heterocycles. The van der Waals surface area contributed by atoms with Crippen molar-refractivity contribution in [2.24, 2.45) is 0 Å². The zero-order chi connectivity index (χ0) is 21.1. The molecule has 2 aromatic carbocycles. The van der Waals surface area contributed by atoms with Gasteiger partial charge in [-0.25, -0.2) is 0 Å². The number of aryl methyl sites for hydroxylation is 3. The minimum atomic E-state index is -0.200. The Morgan fingerprint density at radius 3 is 1.79 bits per heavy atom. The zero-order valence-corrected chi connectivity index (χ0v) is 17.4. The van der Waals surface area contributed by atoms with E-state index >= 15 is 0 Å². The highest BCUT2D eigenvalue weighted by Gasteiger charge is 2.23. The number of anilines is 1. The van der Waals surface area contributed by atoms with Crippen molar-refractivity contribution in [1.82, 2.24) is 9.80 Å². The normalized spacial score (nSPS) is 13.9. The van der Waals surface area contributed by atoms with Gasteiger partial charge in [0.15, 0.2) is 0 Å². The molecule has 6 nitrogen and oxygen atoms in total. The Morgan fingerprint density at radius 2 is 1.28 bits per heavy atom. The highest BCUT2D eigenvalue weighted by atomic mass is 16.2. The summed E-state index contributed by atoms with van der Waals surface area (Å²) in [5.41, 5.74) is 5.07. The zero-order valence-electron chi connectivity index (χ0n) is 17.4. The summed E-state index contributed by atoms with van der Waals surface area (Å²) in [6.07, 6.45) is 0. The van der Waals surface area contributed by atoms with Crippen LogP contribution in [-0.4, -0.2) is 53.7 Å². The minimum Gasteiger partial charge on any atom is -0.339 e. The number of carbonyl (C=O) groups is 3. The molecule has 0 unspecified atom stereocenters. The fraction of sp³-hybridized carbons (Fsp3) is 0.348. The molecular weight excluding hydrogens is 366 g/mol. The van der Waals surface area contributed by atoms with Gasteiger partial charge >= 0.3 is 0 Å². The molecule has 2 aromatic rings. The first-order valence-electron chi connectivity index (χ1n) is 9.80. The van der Waals surface area contributed by atoms with Crippen LogP contribution in [0.15, 0.2) is 36.4 Å². The van der Waals surface area contributed by atoms with Crippen LogP contribution in [0.25, 0.3) is 0 Å². The number of nitrogens with one attached hydrogen (secondary N) is 1. The molecule has 0 bridgehead atoms. The smallest absolute Gasteiger partial charge is 0.255 e. The second kappa shape index (κ2) is 8.47. The first-order valence-corrected chi connectivity index (χ1v) is 9.80. The maximum atomic E-state index is 12.7. The highest BCUT2D eigenvalue weighted by Crippen LogP contribution is 2.23. The van der Waals surface area contributed by atoms with E-state index in [0.29, 0.717) is 37.3 Å². The van der Waals surface area contributed by atoms with Crippen molar-refractivity contribution in [1.29, 1.82) is 0 Å². The van der Waals surface area contributed by atoms with Gasteiger partial charge in [-0.15, -0.1) is 0 Å². The van der Waals surface area contributed by atoms with Crippen LogP contribution in [0.4, 0.5) is 5.69 Å². The molecule has 0 aliphatic carbocycles. The molecule has 1 heterocycles. The van der Waals surface area contributed by atoms with Crippen LogP contribution < -0.4 is 5.32 Å². The van der Waals surface area contributed by atoms with E-state index in [1.807, 2.05) is 32.9 Å². The predicted molar refractivity (Wildman–Crippen MR) is 113 cm³/mol. The summed E-state index contributed by atoms with van der Waals surface area (Å²) in [4.78, 5) is 40.2. The molecule has 0 saturated carbocycles. The summed E-state index contributed by atoms with van der Waals surface area (Å²) in [7, 11) is 0. The Kier molecular flexibility index (Phi) is 6.01. The molecule has 0 aromatic heterocycles. The van der Waals surface area contributed by atoms with Crippen molar-refractivity contribution < 1.29 is 14.4 Å². The molecule has 1 aliphatic rings. The maximum absolute atomic E-state index is 12.7. The molecule has 6 heteroatoms. The average Bonchev–Trinajstić information content (AvgIpc) is 2.70. The second-order valence-electron chi connectivity index (χ2n) is 7.60. The van der Waals surface area contributed by atoms with Gasteiger partial charge in [-0.3, -0.25) is 14.4 Å². The van der Waals surface area contributed by atoms with Gasteiger partial charge < -0.3 is 15.1 Å². The Bertz CT molecular complexity index is 919. The molecule has 3 rings (SSSR count). The number of rotatable bonds is 3. The average molecular weight is 393 g/mol. The molecule has 1 saturated heterocycles. The molecule has 0 atom stereocenters. The number of hydrogen-bond donors (Lipinski definition) is 1. The van der Waals surface area contributed by atoms with Crippen molar-refractivity contribution in [3.63, 3.8) is 0 Å². The fourth-order valence-electron chi connectivity index (χ4n) is 3.73. The Hall–Kier alpha value is -3.15. The summed E-state index contributed by atoms with van der Waals surface area (Å²) < 4.78 is 0. The SMILES string of the molecule is CC(=O)N1CCN(C(=O)c2ccc(C(=O)Nc3c(C)cc(C)cc3C)cc2)CC1. The number of piperazine rings is 1. The largest absolute Gasteiger partial charge is 0.339 e. The van der Waals surface area contributed by atoms with Gasteiger partial charge in [0, 0.05) is 49.9 Å². The van der Waals surface area contributed by atoms with Gasteiger partial charge in [0.1, 0.15) is 0 Å². The number of hydrogen-bond acceptors (Lipinski definition) is 3.